The maximum atomic E-state index is 4.45. The van der Waals surface area contributed by atoms with Crippen molar-refractivity contribution < 1.29 is 0 Å². The Hall–Kier alpha value is -0.300. The first-order valence-electron chi connectivity index (χ1n) is 8.00. The Balaban J connectivity index is 5.35. The number of rotatable bonds is 4. The molecule has 0 amide bonds. The van der Waals surface area contributed by atoms with Gasteiger partial charge in [0.05, 0.1) is 0 Å². The summed E-state index contributed by atoms with van der Waals surface area (Å²) < 4.78 is 0. The van der Waals surface area contributed by atoms with Gasteiger partial charge in [0.25, 0.3) is 0 Å². The van der Waals surface area contributed by atoms with E-state index in [0.29, 0.717) is 17.4 Å². The van der Waals surface area contributed by atoms with Crippen LogP contribution in [0.25, 0.3) is 0 Å². The van der Waals surface area contributed by atoms with Crippen LogP contribution >= 0.6 is 0 Å². The van der Waals surface area contributed by atoms with Crippen molar-refractivity contribution in [3.63, 3.8) is 0 Å². The Bertz CT molecular complexity index is 319. The quantitative estimate of drug-likeness (QED) is 0.592. The molecule has 0 rings (SSSR count). The van der Waals surface area contributed by atoms with E-state index in [1.165, 1.54) is 12.0 Å². The minimum absolute atomic E-state index is 0.155. The van der Waals surface area contributed by atoms with E-state index in [4.69, 9.17) is 0 Å². The van der Waals surface area contributed by atoms with Gasteiger partial charge in [0.1, 0.15) is 0 Å². The van der Waals surface area contributed by atoms with Crippen LogP contribution in [0, 0.1) is 16.7 Å². The van der Waals surface area contributed by atoms with Gasteiger partial charge in [0, 0.05) is 11.6 Å². The number of nitrogens with zero attached hydrogens (tertiary/aromatic N) is 1. The highest BCUT2D eigenvalue weighted by Gasteiger charge is 2.34. The summed E-state index contributed by atoms with van der Waals surface area (Å²) in [5.74, 6) is 0.663. The van der Waals surface area contributed by atoms with E-state index in [9.17, 15) is 0 Å². The van der Waals surface area contributed by atoms with E-state index < -0.39 is 0 Å². The van der Waals surface area contributed by atoms with E-state index in [0.717, 1.165) is 0 Å². The molecular weight excluding hydrogens is 242 g/mol. The highest BCUT2D eigenvalue weighted by molar-refractivity contribution is 5.15. The smallest absolute Gasteiger partial charge is 0.0314 e. The topological polar surface area (TPSA) is 3.24 Å². The molecule has 0 aliphatic rings. The van der Waals surface area contributed by atoms with Crippen LogP contribution in [0.5, 0.6) is 0 Å². The molecule has 0 fully saturated rings. The zero-order valence-electron chi connectivity index (χ0n) is 16.0. The third-order valence-electron chi connectivity index (χ3n) is 4.95. The molecule has 120 valence electrons. The molecule has 0 aromatic carbocycles. The molecule has 0 aliphatic heterocycles. The SMILES string of the molecule is C=C(C(CC(C)C(C)(C)C)N(C)C(C)(C)C)C(C)(C)C. The molecule has 0 heterocycles. The predicted molar refractivity (Wildman–Crippen MR) is 93.1 cm³/mol. The van der Waals surface area contributed by atoms with Gasteiger partial charge in [-0.3, -0.25) is 4.90 Å². The fourth-order valence-electron chi connectivity index (χ4n) is 2.19. The molecule has 0 aliphatic carbocycles. The molecular formula is C19H39N. The molecule has 20 heavy (non-hydrogen) atoms. The average Bonchev–Trinajstić information content (AvgIpc) is 2.19. The first kappa shape index (κ1) is 19.7. The van der Waals surface area contributed by atoms with Gasteiger partial charge in [-0.15, -0.1) is 0 Å². The van der Waals surface area contributed by atoms with Gasteiger partial charge in [0.15, 0.2) is 0 Å². The molecule has 0 N–H and O–H groups in total. The van der Waals surface area contributed by atoms with Gasteiger partial charge in [-0.05, 0) is 51.0 Å². The van der Waals surface area contributed by atoms with Crippen molar-refractivity contribution in [1.82, 2.24) is 4.90 Å². The second-order valence-corrected chi connectivity index (χ2v) is 9.58. The monoisotopic (exact) mass is 281 g/mol. The highest BCUT2D eigenvalue weighted by Crippen LogP contribution is 2.38. The minimum Gasteiger partial charge on any atom is -0.295 e. The Morgan fingerprint density at radius 3 is 1.60 bits per heavy atom. The van der Waals surface area contributed by atoms with E-state index in [1.54, 1.807) is 0 Å². The molecule has 0 bridgehead atoms. The van der Waals surface area contributed by atoms with Crippen LogP contribution < -0.4 is 0 Å². The number of hydrogen-bond acceptors (Lipinski definition) is 1. The van der Waals surface area contributed by atoms with Crippen molar-refractivity contribution in [1.29, 1.82) is 0 Å². The van der Waals surface area contributed by atoms with Crippen molar-refractivity contribution >= 4 is 0 Å². The summed E-state index contributed by atoms with van der Waals surface area (Å²) in [6.07, 6.45) is 1.17. The normalized spacial score (nSPS) is 17.2. The fourth-order valence-corrected chi connectivity index (χ4v) is 2.19. The Kier molecular flexibility index (Phi) is 6.12. The predicted octanol–water partition coefficient (Wildman–Crippen LogP) is 5.76. The summed E-state index contributed by atoms with van der Waals surface area (Å²) in [5, 5.41) is 0. The second kappa shape index (κ2) is 6.22. The first-order chi connectivity index (χ1) is 8.58. The summed E-state index contributed by atoms with van der Waals surface area (Å²) in [6, 6.07) is 0.434. The molecule has 2 unspecified atom stereocenters. The number of hydrogen-bond donors (Lipinski definition) is 0. The summed E-state index contributed by atoms with van der Waals surface area (Å²) >= 11 is 0. The molecule has 1 heteroatoms. The van der Waals surface area contributed by atoms with Crippen LogP contribution in [0.2, 0.25) is 0 Å². The van der Waals surface area contributed by atoms with Crippen molar-refractivity contribution in [3.8, 4) is 0 Å². The van der Waals surface area contributed by atoms with Crippen LogP contribution in [0.15, 0.2) is 12.2 Å². The average molecular weight is 282 g/mol. The van der Waals surface area contributed by atoms with Crippen molar-refractivity contribution in [2.45, 2.75) is 87.2 Å². The zero-order chi connectivity index (χ0) is 16.5. The zero-order valence-corrected chi connectivity index (χ0v) is 16.0. The van der Waals surface area contributed by atoms with E-state index in [2.05, 4.69) is 87.8 Å². The maximum Gasteiger partial charge on any atom is 0.0314 e. The fraction of sp³-hybridized carbons (Fsp3) is 0.895. The lowest BCUT2D eigenvalue weighted by molar-refractivity contribution is 0.0915. The molecule has 1 nitrogen and oxygen atoms in total. The van der Waals surface area contributed by atoms with E-state index in [-0.39, 0.29) is 11.0 Å². The summed E-state index contributed by atoms with van der Waals surface area (Å²) in [6.45, 7) is 27.5. The van der Waals surface area contributed by atoms with Crippen LogP contribution in [0.4, 0.5) is 0 Å². The summed E-state index contributed by atoms with van der Waals surface area (Å²) in [7, 11) is 2.25. The first-order valence-corrected chi connectivity index (χ1v) is 8.00. The number of likely N-dealkylation sites (N-methyl/N-ethyl adjacent to an activating group) is 1. The molecule has 0 aromatic rings. The third-order valence-corrected chi connectivity index (χ3v) is 4.95. The molecule has 0 spiro atoms. The van der Waals surface area contributed by atoms with Gasteiger partial charge in [-0.2, -0.15) is 0 Å². The lowest BCUT2D eigenvalue weighted by atomic mass is 9.73. The van der Waals surface area contributed by atoms with Crippen molar-refractivity contribution in [2.24, 2.45) is 16.7 Å². The molecule has 2 atom stereocenters. The largest absolute Gasteiger partial charge is 0.295 e. The highest BCUT2D eigenvalue weighted by atomic mass is 15.2. The van der Waals surface area contributed by atoms with Crippen molar-refractivity contribution in [3.05, 3.63) is 12.2 Å². The summed E-state index contributed by atoms with van der Waals surface area (Å²) in [5.41, 5.74) is 2.01. The molecule has 0 radical (unpaired) electrons. The Morgan fingerprint density at radius 1 is 0.950 bits per heavy atom. The van der Waals surface area contributed by atoms with Crippen LogP contribution in [0.3, 0.4) is 0 Å². The van der Waals surface area contributed by atoms with Gasteiger partial charge in [-0.25, -0.2) is 0 Å². The molecule has 0 saturated carbocycles. The Morgan fingerprint density at radius 2 is 1.35 bits per heavy atom. The second-order valence-electron chi connectivity index (χ2n) is 9.58. The lowest BCUT2D eigenvalue weighted by Crippen LogP contribution is -2.49. The van der Waals surface area contributed by atoms with E-state index in [1.807, 2.05) is 0 Å². The summed E-state index contributed by atoms with van der Waals surface area (Å²) in [4.78, 5) is 2.50. The third kappa shape index (κ3) is 5.60. The lowest BCUT2D eigenvalue weighted by Gasteiger charge is -2.45. The maximum absolute atomic E-state index is 4.45. The van der Waals surface area contributed by atoms with Gasteiger partial charge in [-0.1, -0.05) is 60.6 Å². The van der Waals surface area contributed by atoms with E-state index >= 15 is 0 Å². The van der Waals surface area contributed by atoms with Gasteiger partial charge in [0.2, 0.25) is 0 Å². The van der Waals surface area contributed by atoms with Crippen molar-refractivity contribution in [2.75, 3.05) is 7.05 Å². The van der Waals surface area contributed by atoms with Gasteiger partial charge >= 0.3 is 0 Å². The van der Waals surface area contributed by atoms with Crippen LogP contribution in [-0.2, 0) is 0 Å². The molecule has 0 saturated heterocycles. The van der Waals surface area contributed by atoms with Crippen LogP contribution in [-0.4, -0.2) is 23.5 Å². The standard InChI is InChI=1S/C19H39N/c1-14(17(3,4)5)13-16(15(2)18(6,7)8)20(12)19(9,10)11/h14,16H,2,13H2,1,3-12H3. The minimum atomic E-state index is 0.155. The molecule has 0 aromatic heterocycles. The van der Waals surface area contributed by atoms with Gasteiger partial charge < -0.3 is 0 Å². The Labute approximate surface area is 128 Å². The van der Waals surface area contributed by atoms with Crippen LogP contribution in [0.1, 0.15) is 75.7 Å².